The van der Waals surface area contributed by atoms with Gasteiger partial charge < -0.3 is 15.4 Å². The van der Waals surface area contributed by atoms with Crippen molar-refractivity contribution in [1.29, 1.82) is 5.41 Å². The van der Waals surface area contributed by atoms with Crippen LogP contribution in [0, 0.1) is 10.8 Å². The minimum atomic E-state index is 0.125. The Kier molecular flexibility index (Phi) is 3.45. The van der Waals surface area contributed by atoms with Gasteiger partial charge in [0.15, 0.2) is 0 Å². The highest BCUT2D eigenvalue weighted by atomic mass is 16.5. The van der Waals surface area contributed by atoms with E-state index in [2.05, 4.69) is 11.0 Å². The Morgan fingerprint density at radius 3 is 2.72 bits per heavy atom. The zero-order valence-corrected chi connectivity index (χ0v) is 11.1. The number of nitrogens with two attached hydrogens (primary N) is 1. The van der Waals surface area contributed by atoms with E-state index in [-0.39, 0.29) is 11.3 Å². The predicted molar refractivity (Wildman–Crippen MR) is 74.5 cm³/mol. The van der Waals surface area contributed by atoms with Crippen LogP contribution in [-0.2, 0) is 0 Å². The molecule has 4 nitrogen and oxygen atoms in total. The lowest BCUT2D eigenvalue weighted by Crippen LogP contribution is -2.21. The van der Waals surface area contributed by atoms with E-state index in [1.165, 1.54) is 0 Å². The van der Waals surface area contributed by atoms with Crippen molar-refractivity contribution in [2.45, 2.75) is 19.3 Å². The van der Waals surface area contributed by atoms with E-state index in [0.29, 0.717) is 13.0 Å². The number of rotatable bonds is 6. The molecule has 0 radical (unpaired) electrons. The standard InChI is InChI=1S/C14H21N3O/c1-17(2)11-4-3-5-12(8-11)18-10-14(6-7-14)9-13(15)16/h3-5,8H,6-7,9-10H2,1-2H3,(H3,15,16). The van der Waals surface area contributed by atoms with Crippen LogP contribution in [0.4, 0.5) is 5.69 Å². The molecule has 1 aliphatic carbocycles. The van der Waals surface area contributed by atoms with Crippen molar-refractivity contribution in [2.24, 2.45) is 11.1 Å². The maximum absolute atomic E-state index is 7.38. The van der Waals surface area contributed by atoms with E-state index in [0.717, 1.165) is 24.3 Å². The topological polar surface area (TPSA) is 62.3 Å². The minimum Gasteiger partial charge on any atom is -0.493 e. The average Bonchev–Trinajstić information content (AvgIpc) is 3.06. The Balaban J connectivity index is 1.94. The molecule has 1 aliphatic rings. The summed E-state index contributed by atoms with van der Waals surface area (Å²) in [6, 6.07) is 8.05. The Hall–Kier alpha value is -1.71. The van der Waals surface area contributed by atoms with Gasteiger partial charge in [0.2, 0.25) is 0 Å². The molecule has 0 aliphatic heterocycles. The molecule has 4 heteroatoms. The Bertz CT molecular complexity index is 438. The number of anilines is 1. The summed E-state index contributed by atoms with van der Waals surface area (Å²) in [4.78, 5) is 2.05. The van der Waals surface area contributed by atoms with Crippen molar-refractivity contribution in [1.82, 2.24) is 0 Å². The third kappa shape index (κ3) is 3.15. The number of nitrogens with zero attached hydrogens (tertiary/aromatic N) is 1. The number of amidine groups is 1. The molecule has 0 amide bonds. The second kappa shape index (κ2) is 4.88. The summed E-state index contributed by atoms with van der Waals surface area (Å²) in [6.45, 7) is 0.656. The monoisotopic (exact) mass is 247 g/mol. The molecule has 0 spiro atoms. The summed E-state index contributed by atoms with van der Waals surface area (Å²) in [6.07, 6.45) is 2.88. The quantitative estimate of drug-likeness (QED) is 0.598. The highest BCUT2D eigenvalue weighted by Crippen LogP contribution is 2.48. The molecule has 1 fully saturated rings. The van der Waals surface area contributed by atoms with Gasteiger partial charge in [0.1, 0.15) is 5.75 Å². The van der Waals surface area contributed by atoms with Crippen molar-refractivity contribution in [3.8, 4) is 5.75 Å². The highest BCUT2D eigenvalue weighted by molar-refractivity contribution is 5.78. The first-order valence-corrected chi connectivity index (χ1v) is 6.24. The second-order valence-corrected chi connectivity index (χ2v) is 5.38. The maximum atomic E-state index is 7.38. The molecule has 0 aromatic heterocycles. The molecule has 18 heavy (non-hydrogen) atoms. The van der Waals surface area contributed by atoms with Crippen LogP contribution in [0.3, 0.4) is 0 Å². The average molecular weight is 247 g/mol. The summed E-state index contributed by atoms with van der Waals surface area (Å²) in [7, 11) is 4.02. The number of ether oxygens (including phenoxy) is 1. The van der Waals surface area contributed by atoms with Crippen LogP contribution in [0.2, 0.25) is 0 Å². The van der Waals surface area contributed by atoms with E-state index >= 15 is 0 Å². The van der Waals surface area contributed by atoms with Crippen molar-refractivity contribution < 1.29 is 4.74 Å². The first-order chi connectivity index (χ1) is 8.51. The van der Waals surface area contributed by atoms with Gasteiger partial charge in [-0.15, -0.1) is 0 Å². The number of benzene rings is 1. The lowest BCUT2D eigenvalue weighted by molar-refractivity contribution is 0.238. The van der Waals surface area contributed by atoms with Gasteiger partial charge in [-0.25, -0.2) is 0 Å². The first kappa shape index (κ1) is 12.7. The highest BCUT2D eigenvalue weighted by Gasteiger charge is 2.43. The summed E-state index contributed by atoms with van der Waals surface area (Å²) in [5.41, 5.74) is 6.73. The minimum absolute atomic E-state index is 0.125. The molecule has 0 atom stereocenters. The van der Waals surface area contributed by atoms with Gasteiger partial charge in [0, 0.05) is 37.7 Å². The van der Waals surface area contributed by atoms with E-state index in [1.807, 2.05) is 32.3 Å². The Morgan fingerprint density at radius 1 is 1.44 bits per heavy atom. The largest absolute Gasteiger partial charge is 0.493 e. The second-order valence-electron chi connectivity index (χ2n) is 5.38. The van der Waals surface area contributed by atoms with Gasteiger partial charge in [-0.05, 0) is 25.0 Å². The third-order valence-corrected chi connectivity index (χ3v) is 3.40. The molecule has 0 saturated heterocycles. The molecular weight excluding hydrogens is 226 g/mol. The zero-order valence-electron chi connectivity index (χ0n) is 11.1. The number of hydrogen-bond acceptors (Lipinski definition) is 3. The fraction of sp³-hybridized carbons (Fsp3) is 0.500. The molecule has 0 unspecified atom stereocenters. The summed E-state index contributed by atoms with van der Waals surface area (Å²) in [5, 5.41) is 7.38. The van der Waals surface area contributed by atoms with Crippen LogP contribution < -0.4 is 15.4 Å². The SMILES string of the molecule is CN(C)c1cccc(OCC2(CC(=N)N)CC2)c1. The van der Waals surface area contributed by atoms with Crippen molar-refractivity contribution >= 4 is 11.5 Å². The van der Waals surface area contributed by atoms with Gasteiger partial charge in [0.05, 0.1) is 12.4 Å². The molecule has 1 saturated carbocycles. The summed E-state index contributed by atoms with van der Waals surface area (Å²) >= 11 is 0. The van der Waals surface area contributed by atoms with Gasteiger partial charge in [-0.3, -0.25) is 5.41 Å². The summed E-state index contributed by atoms with van der Waals surface area (Å²) < 4.78 is 5.85. The smallest absolute Gasteiger partial charge is 0.121 e. The van der Waals surface area contributed by atoms with Gasteiger partial charge in [-0.2, -0.15) is 0 Å². The van der Waals surface area contributed by atoms with Crippen LogP contribution in [0.5, 0.6) is 5.75 Å². The van der Waals surface area contributed by atoms with Crippen LogP contribution in [0.1, 0.15) is 19.3 Å². The lowest BCUT2D eigenvalue weighted by atomic mass is 10.0. The van der Waals surface area contributed by atoms with E-state index in [9.17, 15) is 0 Å². The van der Waals surface area contributed by atoms with E-state index < -0.39 is 0 Å². The molecule has 3 N–H and O–H groups in total. The fourth-order valence-electron chi connectivity index (χ4n) is 2.04. The molecule has 98 valence electrons. The first-order valence-electron chi connectivity index (χ1n) is 6.24. The third-order valence-electron chi connectivity index (χ3n) is 3.40. The Labute approximate surface area is 108 Å². The zero-order chi connectivity index (χ0) is 13.2. The molecule has 0 heterocycles. The van der Waals surface area contributed by atoms with Gasteiger partial charge in [0.25, 0.3) is 0 Å². The lowest BCUT2D eigenvalue weighted by Gasteiger charge is -2.17. The van der Waals surface area contributed by atoms with E-state index in [1.54, 1.807) is 0 Å². The number of nitrogens with one attached hydrogen (secondary N) is 1. The van der Waals surface area contributed by atoms with Gasteiger partial charge >= 0.3 is 0 Å². The number of hydrogen-bond donors (Lipinski definition) is 2. The fourth-order valence-corrected chi connectivity index (χ4v) is 2.04. The molecule has 0 bridgehead atoms. The van der Waals surface area contributed by atoms with Crippen LogP contribution in [-0.4, -0.2) is 26.5 Å². The Morgan fingerprint density at radius 2 is 2.17 bits per heavy atom. The van der Waals surface area contributed by atoms with Gasteiger partial charge in [-0.1, -0.05) is 6.07 Å². The van der Waals surface area contributed by atoms with Crippen LogP contribution in [0.15, 0.2) is 24.3 Å². The van der Waals surface area contributed by atoms with Crippen LogP contribution >= 0.6 is 0 Å². The van der Waals surface area contributed by atoms with Crippen LogP contribution in [0.25, 0.3) is 0 Å². The van der Waals surface area contributed by atoms with E-state index in [4.69, 9.17) is 15.9 Å². The van der Waals surface area contributed by atoms with Crippen molar-refractivity contribution in [3.05, 3.63) is 24.3 Å². The van der Waals surface area contributed by atoms with Crippen molar-refractivity contribution in [2.75, 3.05) is 25.6 Å². The molecule has 2 rings (SSSR count). The predicted octanol–water partition coefficient (Wildman–Crippen LogP) is 2.24. The summed E-state index contributed by atoms with van der Waals surface area (Å²) in [5.74, 6) is 1.15. The maximum Gasteiger partial charge on any atom is 0.121 e. The molecule has 1 aromatic rings. The molecule has 1 aromatic carbocycles. The molecular formula is C14H21N3O. The normalized spacial score (nSPS) is 16.1. The van der Waals surface area contributed by atoms with Crippen molar-refractivity contribution in [3.63, 3.8) is 0 Å².